The summed E-state index contributed by atoms with van der Waals surface area (Å²) in [6.45, 7) is 7.26. The van der Waals surface area contributed by atoms with Crippen molar-refractivity contribution in [2.45, 2.75) is 57.9 Å². The summed E-state index contributed by atoms with van der Waals surface area (Å²) in [5.41, 5.74) is 6.10. The molecule has 0 aromatic heterocycles. The molecule has 5 heteroatoms. The molecular formula is C32H39FN2O2. The zero-order valence-corrected chi connectivity index (χ0v) is 22.0. The van der Waals surface area contributed by atoms with E-state index >= 15 is 0 Å². The van der Waals surface area contributed by atoms with Crippen LogP contribution in [0.15, 0.2) is 60.7 Å². The van der Waals surface area contributed by atoms with Gasteiger partial charge in [0.25, 0.3) is 0 Å². The van der Waals surface area contributed by atoms with E-state index in [1.165, 1.54) is 41.6 Å². The molecule has 1 fully saturated rings. The average Bonchev–Trinajstić information content (AvgIpc) is 2.93. The lowest BCUT2D eigenvalue weighted by molar-refractivity contribution is 0.180. The van der Waals surface area contributed by atoms with Gasteiger partial charge in [-0.1, -0.05) is 36.8 Å². The first-order valence-electron chi connectivity index (χ1n) is 13.9. The van der Waals surface area contributed by atoms with Crippen molar-refractivity contribution in [1.82, 2.24) is 4.90 Å². The highest BCUT2D eigenvalue weighted by Gasteiger charge is 2.24. The van der Waals surface area contributed by atoms with Crippen molar-refractivity contribution in [2.75, 3.05) is 37.7 Å². The van der Waals surface area contributed by atoms with E-state index in [1.54, 1.807) is 18.2 Å². The van der Waals surface area contributed by atoms with E-state index in [0.717, 1.165) is 51.0 Å². The number of fused-ring (bicyclic) bond motifs is 1. The fraction of sp³-hybridized carbons (Fsp3) is 0.438. The van der Waals surface area contributed by atoms with Crippen molar-refractivity contribution in [2.24, 2.45) is 0 Å². The maximum atomic E-state index is 14.9. The highest BCUT2D eigenvalue weighted by atomic mass is 19.1. The van der Waals surface area contributed by atoms with Gasteiger partial charge in [-0.25, -0.2) is 4.39 Å². The minimum absolute atomic E-state index is 0.285. The van der Waals surface area contributed by atoms with Crippen molar-refractivity contribution in [3.8, 4) is 11.5 Å². The molecule has 1 aliphatic heterocycles. The Morgan fingerprint density at radius 1 is 1.00 bits per heavy atom. The summed E-state index contributed by atoms with van der Waals surface area (Å²) in [7, 11) is 0. The second-order valence-corrected chi connectivity index (χ2v) is 10.5. The molecule has 0 amide bonds. The van der Waals surface area contributed by atoms with Crippen LogP contribution in [0.3, 0.4) is 0 Å². The summed E-state index contributed by atoms with van der Waals surface area (Å²) in [5.74, 6) is 0.832. The number of hydrogen-bond donors (Lipinski definition) is 1. The zero-order chi connectivity index (χ0) is 25.6. The number of phenols is 1. The van der Waals surface area contributed by atoms with Crippen molar-refractivity contribution in [3.05, 3.63) is 88.7 Å². The summed E-state index contributed by atoms with van der Waals surface area (Å²) in [4.78, 5) is 4.74. The number of aryl methyl sites for hydroxylation is 1. The number of anilines is 1. The van der Waals surface area contributed by atoms with Gasteiger partial charge in [-0.3, -0.25) is 4.90 Å². The molecule has 3 aromatic carbocycles. The highest BCUT2D eigenvalue weighted by Crippen LogP contribution is 2.38. The summed E-state index contributed by atoms with van der Waals surface area (Å²) >= 11 is 0. The SMILES string of the molecule is CCN(Cc1ccc(OCCN2CCCCC2)c(F)c1)c1ccccc1C1CCc2cc(O)ccc2C1. The Balaban J connectivity index is 1.25. The highest BCUT2D eigenvalue weighted by molar-refractivity contribution is 5.56. The third-order valence-corrected chi connectivity index (χ3v) is 8.00. The van der Waals surface area contributed by atoms with Crippen LogP contribution in [0, 0.1) is 5.82 Å². The van der Waals surface area contributed by atoms with Crippen molar-refractivity contribution < 1.29 is 14.2 Å². The second-order valence-electron chi connectivity index (χ2n) is 10.5. The second kappa shape index (κ2) is 12.0. The number of ether oxygens (including phenoxy) is 1. The molecule has 1 aliphatic carbocycles. The molecule has 196 valence electrons. The predicted molar refractivity (Wildman–Crippen MR) is 148 cm³/mol. The number of benzene rings is 3. The molecule has 0 saturated carbocycles. The van der Waals surface area contributed by atoms with Crippen LogP contribution >= 0.6 is 0 Å². The number of likely N-dealkylation sites (tertiary alicyclic amines) is 1. The molecule has 0 bridgehead atoms. The first-order valence-corrected chi connectivity index (χ1v) is 13.9. The van der Waals surface area contributed by atoms with Crippen LogP contribution in [-0.2, 0) is 19.4 Å². The number of nitrogens with zero attached hydrogens (tertiary/aromatic N) is 2. The fourth-order valence-corrected chi connectivity index (χ4v) is 5.94. The molecule has 4 nitrogen and oxygen atoms in total. The van der Waals surface area contributed by atoms with E-state index < -0.39 is 0 Å². The zero-order valence-electron chi connectivity index (χ0n) is 22.0. The summed E-state index contributed by atoms with van der Waals surface area (Å²) < 4.78 is 20.7. The third-order valence-electron chi connectivity index (χ3n) is 8.00. The van der Waals surface area contributed by atoms with Crippen LogP contribution in [0.1, 0.15) is 60.8 Å². The Morgan fingerprint density at radius 2 is 1.84 bits per heavy atom. The number of phenolic OH excluding ortho intramolecular Hbond substituents is 1. The van der Waals surface area contributed by atoms with Gasteiger partial charge in [-0.15, -0.1) is 0 Å². The Kier molecular flexibility index (Phi) is 8.30. The summed E-state index contributed by atoms with van der Waals surface area (Å²) in [6, 6.07) is 19.8. The van der Waals surface area contributed by atoms with E-state index in [1.807, 2.05) is 12.1 Å². The molecule has 1 N–H and O–H groups in total. The first-order chi connectivity index (χ1) is 18.1. The Hall–Kier alpha value is -3.05. The van der Waals surface area contributed by atoms with Crippen LogP contribution in [-0.4, -0.2) is 42.8 Å². The minimum Gasteiger partial charge on any atom is -0.508 e. The fourth-order valence-electron chi connectivity index (χ4n) is 5.94. The molecule has 1 heterocycles. The van der Waals surface area contributed by atoms with Crippen LogP contribution in [0.2, 0.25) is 0 Å². The van der Waals surface area contributed by atoms with Crippen LogP contribution in [0.4, 0.5) is 10.1 Å². The van der Waals surface area contributed by atoms with Crippen LogP contribution < -0.4 is 9.64 Å². The van der Waals surface area contributed by atoms with Gasteiger partial charge in [-0.2, -0.15) is 0 Å². The Bertz CT molecular complexity index is 1190. The van der Waals surface area contributed by atoms with E-state index in [-0.39, 0.29) is 5.82 Å². The molecule has 1 saturated heterocycles. The quantitative estimate of drug-likeness (QED) is 0.353. The predicted octanol–water partition coefficient (Wildman–Crippen LogP) is 6.70. The topological polar surface area (TPSA) is 35.9 Å². The molecule has 0 spiro atoms. The van der Waals surface area contributed by atoms with Crippen molar-refractivity contribution in [1.29, 1.82) is 0 Å². The maximum absolute atomic E-state index is 14.9. The lowest BCUT2D eigenvalue weighted by Crippen LogP contribution is -2.33. The minimum atomic E-state index is -0.285. The van der Waals surface area contributed by atoms with E-state index in [2.05, 4.69) is 47.1 Å². The normalized spacial score (nSPS) is 17.8. The number of para-hydroxylation sites is 1. The molecule has 1 atom stereocenters. The van der Waals surface area contributed by atoms with Gasteiger partial charge in [0.05, 0.1) is 0 Å². The number of aromatic hydroxyl groups is 1. The van der Waals surface area contributed by atoms with Gasteiger partial charge >= 0.3 is 0 Å². The molecule has 3 aromatic rings. The Morgan fingerprint density at radius 3 is 2.65 bits per heavy atom. The van der Waals surface area contributed by atoms with Crippen molar-refractivity contribution >= 4 is 5.69 Å². The van der Waals surface area contributed by atoms with Gasteiger partial charge in [-0.05, 0) is 111 Å². The lowest BCUT2D eigenvalue weighted by Gasteiger charge is -2.31. The van der Waals surface area contributed by atoms with Crippen molar-refractivity contribution in [3.63, 3.8) is 0 Å². The van der Waals surface area contributed by atoms with Gasteiger partial charge in [0.1, 0.15) is 12.4 Å². The summed E-state index contributed by atoms with van der Waals surface area (Å²) in [5, 5.41) is 9.85. The number of piperidine rings is 1. The van der Waals surface area contributed by atoms with E-state index in [4.69, 9.17) is 4.74 Å². The molecule has 5 rings (SSSR count). The van der Waals surface area contributed by atoms with Crippen LogP contribution in [0.25, 0.3) is 0 Å². The molecule has 2 aliphatic rings. The molecule has 0 radical (unpaired) electrons. The molecule has 1 unspecified atom stereocenters. The number of rotatable bonds is 9. The van der Waals surface area contributed by atoms with E-state index in [0.29, 0.717) is 30.6 Å². The largest absolute Gasteiger partial charge is 0.508 e. The van der Waals surface area contributed by atoms with Crippen LogP contribution in [0.5, 0.6) is 11.5 Å². The average molecular weight is 503 g/mol. The van der Waals surface area contributed by atoms with Gasteiger partial charge in [0, 0.05) is 25.3 Å². The number of hydrogen-bond acceptors (Lipinski definition) is 4. The summed E-state index contributed by atoms with van der Waals surface area (Å²) in [6.07, 6.45) is 6.81. The van der Waals surface area contributed by atoms with Gasteiger partial charge in [0.15, 0.2) is 11.6 Å². The standard InChI is InChI=1S/C32H39FN2O2/c1-2-35(23-24-10-15-32(30(33)20-24)37-19-18-34-16-6-3-7-17-34)31-9-5-4-8-29(31)27-12-11-26-22-28(36)14-13-25(26)21-27/h4-5,8-10,13-15,20,22,27,36H,2-3,6-7,11-12,16-19,21,23H2,1H3. The van der Waals surface area contributed by atoms with Gasteiger partial charge < -0.3 is 14.7 Å². The van der Waals surface area contributed by atoms with Gasteiger partial charge in [0.2, 0.25) is 0 Å². The maximum Gasteiger partial charge on any atom is 0.165 e. The molecule has 37 heavy (non-hydrogen) atoms. The first kappa shape index (κ1) is 25.6. The monoisotopic (exact) mass is 502 g/mol. The number of halogens is 1. The third kappa shape index (κ3) is 6.27. The Labute approximate surface area is 220 Å². The smallest absolute Gasteiger partial charge is 0.165 e. The molecular weight excluding hydrogens is 463 g/mol. The lowest BCUT2D eigenvalue weighted by atomic mass is 9.79. The van der Waals surface area contributed by atoms with E-state index in [9.17, 15) is 9.50 Å².